The van der Waals surface area contributed by atoms with Gasteiger partial charge in [0.25, 0.3) is 0 Å². The molecule has 1 aromatic heterocycles. The Morgan fingerprint density at radius 3 is 2.55 bits per heavy atom. The van der Waals surface area contributed by atoms with E-state index in [9.17, 15) is 9.59 Å². The zero-order valence-corrected chi connectivity index (χ0v) is 17.1. The van der Waals surface area contributed by atoms with Gasteiger partial charge in [-0.15, -0.1) is 0 Å². The molecule has 0 bridgehead atoms. The van der Waals surface area contributed by atoms with Crippen molar-refractivity contribution in [1.82, 2.24) is 14.4 Å². The number of hydrogen-bond acceptors (Lipinski definition) is 4. The average molecular weight is 399 g/mol. The monoisotopic (exact) mass is 399 g/mol. The Kier molecular flexibility index (Phi) is 5.50. The number of nitrogens with zero attached hydrogens (tertiary/aromatic N) is 3. The van der Waals surface area contributed by atoms with Gasteiger partial charge in [-0.1, -0.05) is 18.2 Å². The summed E-state index contributed by atoms with van der Waals surface area (Å²) in [5.41, 5.74) is 2.22. The number of carbonyl (C=O) groups is 2. The molecule has 29 heavy (non-hydrogen) atoms. The number of benzene rings is 1. The van der Waals surface area contributed by atoms with Crippen LogP contribution >= 0.6 is 0 Å². The van der Waals surface area contributed by atoms with Crippen LogP contribution in [0, 0.1) is 5.92 Å². The first-order valence-corrected chi connectivity index (χ1v) is 10.4. The first-order valence-electron chi connectivity index (χ1n) is 10.4. The van der Waals surface area contributed by atoms with Crippen molar-refractivity contribution in [3.63, 3.8) is 0 Å². The molecule has 4 rings (SSSR count). The lowest BCUT2D eigenvalue weighted by atomic mass is 9.89. The van der Waals surface area contributed by atoms with Crippen molar-refractivity contribution >= 4 is 23.0 Å². The summed E-state index contributed by atoms with van der Waals surface area (Å²) in [6, 6.07) is 7.94. The highest BCUT2D eigenvalue weighted by Crippen LogP contribution is 2.31. The molecule has 0 radical (unpaired) electrons. The van der Waals surface area contributed by atoms with Crippen LogP contribution in [0.2, 0.25) is 0 Å². The van der Waals surface area contributed by atoms with Gasteiger partial charge in [0.2, 0.25) is 11.8 Å². The van der Waals surface area contributed by atoms with Gasteiger partial charge in [-0.05, 0) is 57.2 Å². The number of aromatic nitrogens is 1. The van der Waals surface area contributed by atoms with Crippen LogP contribution in [-0.2, 0) is 18.3 Å². The maximum atomic E-state index is 12.8. The number of hydrogen-bond donors (Lipinski definition) is 1. The Morgan fingerprint density at radius 1 is 1.14 bits per heavy atom. The topological polar surface area (TPSA) is 75.0 Å². The van der Waals surface area contributed by atoms with E-state index in [0.717, 1.165) is 62.6 Å². The summed E-state index contributed by atoms with van der Waals surface area (Å²) in [6.45, 7) is 2.66. The van der Waals surface area contributed by atoms with Crippen LogP contribution in [0.25, 0.3) is 10.9 Å². The van der Waals surface area contributed by atoms with Gasteiger partial charge in [0.15, 0.2) is 0 Å². The predicted molar refractivity (Wildman–Crippen MR) is 110 cm³/mol. The van der Waals surface area contributed by atoms with E-state index >= 15 is 0 Å². The maximum Gasteiger partial charge on any atom is 0.512 e. The van der Waals surface area contributed by atoms with Gasteiger partial charge in [0.1, 0.15) is 0 Å². The van der Waals surface area contributed by atoms with E-state index in [4.69, 9.17) is 9.84 Å². The van der Waals surface area contributed by atoms with Crippen LogP contribution in [0.4, 0.5) is 4.79 Å². The molecule has 0 saturated carbocycles. The molecule has 2 aromatic rings. The summed E-state index contributed by atoms with van der Waals surface area (Å²) in [6.07, 6.45) is 3.71. The zero-order chi connectivity index (χ0) is 20.5. The normalized spacial score (nSPS) is 21.0. The first kappa shape index (κ1) is 19.8. The van der Waals surface area contributed by atoms with Crippen LogP contribution in [0.3, 0.4) is 0 Å². The summed E-state index contributed by atoms with van der Waals surface area (Å²) < 4.78 is 6.72. The Balaban J connectivity index is 1.43. The number of carbonyl (C=O) groups excluding carboxylic acids is 1. The summed E-state index contributed by atoms with van der Waals surface area (Å²) in [5.74, 6) is 1.15. The Labute approximate surface area is 170 Å². The number of piperidine rings is 1. The van der Waals surface area contributed by atoms with Crippen molar-refractivity contribution in [2.75, 3.05) is 26.7 Å². The maximum absolute atomic E-state index is 12.8. The fraction of sp³-hybridized carbons (Fsp3) is 0.545. The van der Waals surface area contributed by atoms with Gasteiger partial charge < -0.3 is 19.3 Å². The number of para-hydroxylation sites is 1. The van der Waals surface area contributed by atoms with Gasteiger partial charge in [0, 0.05) is 31.6 Å². The first-order chi connectivity index (χ1) is 13.9. The van der Waals surface area contributed by atoms with Crippen molar-refractivity contribution in [2.24, 2.45) is 13.0 Å². The minimum atomic E-state index is -1.30. The lowest BCUT2D eigenvalue weighted by molar-refractivity contribution is -0.137. The molecule has 7 nitrogen and oxygen atoms in total. The SMILES string of the molecule is CN1CCC[C@H]1C(=O)N1CCC(Cc2cccc3cc(OC(=O)O)n(C)c23)CC1. The second-order valence-corrected chi connectivity index (χ2v) is 8.38. The largest absolute Gasteiger partial charge is 0.512 e. The third kappa shape index (κ3) is 3.96. The number of likely N-dealkylation sites (tertiary alicyclic amines) is 2. The molecule has 2 aliphatic rings. The minimum absolute atomic E-state index is 0.0660. The van der Waals surface area contributed by atoms with Crippen molar-refractivity contribution in [3.8, 4) is 5.88 Å². The van der Waals surface area contributed by atoms with Crippen LogP contribution in [-0.4, -0.2) is 64.3 Å². The molecule has 3 heterocycles. The standard InChI is InChI=1S/C22H29N3O4/c1-23-10-4-7-18(23)21(26)25-11-8-15(9-12-25)13-16-5-3-6-17-14-19(29-22(27)28)24(2)20(16)17/h3,5-6,14-15,18H,4,7-13H2,1-2H3,(H,27,28)/t18-/m0/s1. The predicted octanol–water partition coefficient (Wildman–Crippen LogP) is 3.11. The van der Waals surface area contributed by atoms with Crippen molar-refractivity contribution in [2.45, 2.75) is 38.1 Å². The molecule has 0 unspecified atom stereocenters. The van der Waals surface area contributed by atoms with Crippen LogP contribution in [0.15, 0.2) is 24.3 Å². The molecule has 2 fully saturated rings. The number of amides is 1. The van der Waals surface area contributed by atoms with E-state index in [1.165, 1.54) is 5.56 Å². The third-order valence-electron chi connectivity index (χ3n) is 6.53. The van der Waals surface area contributed by atoms with E-state index in [0.29, 0.717) is 17.7 Å². The van der Waals surface area contributed by atoms with Gasteiger partial charge in [-0.2, -0.15) is 0 Å². The molecule has 2 aliphatic heterocycles. The lowest BCUT2D eigenvalue weighted by Gasteiger charge is -2.35. The summed E-state index contributed by atoms with van der Waals surface area (Å²) >= 11 is 0. The highest BCUT2D eigenvalue weighted by atomic mass is 16.7. The summed E-state index contributed by atoms with van der Waals surface area (Å²) in [7, 11) is 3.88. The number of ether oxygens (including phenoxy) is 1. The molecule has 1 atom stereocenters. The van der Waals surface area contributed by atoms with Crippen molar-refractivity contribution < 1.29 is 19.4 Å². The molecule has 2 saturated heterocycles. The highest BCUT2D eigenvalue weighted by molar-refractivity contribution is 5.86. The average Bonchev–Trinajstić information content (AvgIpc) is 3.25. The molecule has 1 amide bonds. The van der Waals surface area contributed by atoms with E-state index in [2.05, 4.69) is 11.0 Å². The third-order valence-corrected chi connectivity index (χ3v) is 6.53. The lowest BCUT2D eigenvalue weighted by Crippen LogP contribution is -2.47. The zero-order valence-electron chi connectivity index (χ0n) is 17.1. The smallest absolute Gasteiger partial charge is 0.449 e. The molecule has 0 spiro atoms. The fourth-order valence-electron chi connectivity index (χ4n) is 4.93. The van der Waals surface area contributed by atoms with E-state index in [-0.39, 0.29) is 6.04 Å². The minimum Gasteiger partial charge on any atom is -0.449 e. The Bertz CT molecular complexity index is 914. The summed E-state index contributed by atoms with van der Waals surface area (Å²) in [4.78, 5) is 28.0. The molecular formula is C22H29N3O4. The molecule has 1 aromatic carbocycles. The van der Waals surface area contributed by atoms with E-state index in [1.54, 1.807) is 6.07 Å². The number of fused-ring (bicyclic) bond motifs is 1. The molecular weight excluding hydrogens is 370 g/mol. The van der Waals surface area contributed by atoms with E-state index < -0.39 is 6.16 Å². The Morgan fingerprint density at radius 2 is 1.90 bits per heavy atom. The number of carboxylic acid groups (broad SMARTS) is 1. The van der Waals surface area contributed by atoms with Gasteiger partial charge in [-0.3, -0.25) is 9.69 Å². The Hall–Kier alpha value is -2.54. The van der Waals surface area contributed by atoms with Crippen LogP contribution in [0.5, 0.6) is 5.88 Å². The van der Waals surface area contributed by atoms with Gasteiger partial charge in [-0.25, -0.2) is 4.79 Å². The number of likely N-dealkylation sites (N-methyl/N-ethyl adjacent to an activating group) is 1. The number of rotatable bonds is 4. The van der Waals surface area contributed by atoms with Crippen molar-refractivity contribution in [1.29, 1.82) is 0 Å². The second kappa shape index (κ2) is 8.06. The van der Waals surface area contributed by atoms with E-state index in [1.807, 2.05) is 35.7 Å². The number of aryl methyl sites for hydroxylation is 1. The van der Waals surface area contributed by atoms with Crippen LogP contribution < -0.4 is 4.74 Å². The molecule has 156 valence electrons. The molecule has 7 heteroatoms. The fourth-order valence-corrected chi connectivity index (χ4v) is 4.93. The van der Waals surface area contributed by atoms with Gasteiger partial charge >= 0.3 is 6.16 Å². The van der Waals surface area contributed by atoms with Crippen LogP contribution in [0.1, 0.15) is 31.2 Å². The van der Waals surface area contributed by atoms with Gasteiger partial charge in [0.05, 0.1) is 11.6 Å². The second-order valence-electron chi connectivity index (χ2n) is 8.38. The molecule has 1 N–H and O–H groups in total. The van der Waals surface area contributed by atoms with Crippen molar-refractivity contribution in [3.05, 3.63) is 29.8 Å². The summed E-state index contributed by atoms with van der Waals surface area (Å²) in [5, 5.41) is 9.93. The highest BCUT2D eigenvalue weighted by Gasteiger charge is 2.33. The quantitative estimate of drug-likeness (QED) is 0.800. The molecule has 0 aliphatic carbocycles.